The maximum absolute atomic E-state index is 13.2. The van der Waals surface area contributed by atoms with Crippen LogP contribution in [0.25, 0.3) is 11.1 Å². The highest BCUT2D eigenvalue weighted by molar-refractivity contribution is 6.02. The molecule has 9 nitrogen and oxygen atoms in total. The number of urea groups is 1. The van der Waals surface area contributed by atoms with Crippen molar-refractivity contribution >= 4 is 40.4 Å². The molecule has 0 radical (unpaired) electrons. The van der Waals surface area contributed by atoms with Crippen LogP contribution in [0, 0.1) is 6.92 Å². The normalized spacial score (nSPS) is 14.3. The number of aromatic nitrogens is 1. The fourth-order valence-electron chi connectivity index (χ4n) is 3.53. The molecule has 1 aromatic heterocycles. The zero-order valence-electron chi connectivity index (χ0n) is 18.3. The number of rotatable bonds is 6. The van der Waals surface area contributed by atoms with Gasteiger partial charge >= 0.3 is 12.0 Å². The Kier molecular flexibility index (Phi) is 6.67. The molecule has 0 bridgehead atoms. The van der Waals surface area contributed by atoms with Gasteiger partial charge in [-0.25, -0.2) is 4.79 Å². The molecule has 0 unspecified atom stereocenters. The van der Waals surface area contributed by atoms with Gasteiger partial charge in [-0.05, 0) is 31.2 Å². The minimum atomic E-state index is -0.263. The van der Waals surface area contributed by atoms with Crippen LogP contribution in [-0.2, 0) is 9.53 Å². The number of oxazole rings is 1. The Bertz CT molecular complexity index is 1090. The second-order valence-corrected chi connectivity index (χ2v) is 7.75. The minimum absolute atomic E-state index is 0.133. The van der Waals surface area contributed by atoms with Crippen molar-refractivity contribution in [3.63, 3.8) is 0 Å². The molecular weight excluding hydrogens is 410 g/mol. The summed E-state index contributed by atoms with van der Waals surface area (Å²) in [6.45, 7) is 7.69. The highest BCUT2D eigenvalue weighted by atomic mass is 16.5. The van der Waals surface area contributed by atoms with Crippen LogP contribution in [0.3, 0.4) is 0 Å². The van der Waals surface area contributed by atoms with E-state index in [-0.39, 0.29) is 18.0 Å². The first-order chi connectivity index (χ1) is 15.5. The van der Waals surface area contributed by atoms with E-state index in [1.54, 1.807) is 17.0 Å². The molecular formula is C23H27N5O4. The van der Waals surface area contributed by atoms with Crippen LogP contribution in [0.15, 0.2) is 46.9 Å². The van der Waals surface area contributed by atoms with Crippen LogP contribution in [0.1, 0.15) is 12.5 Å². The van der Waals surface area contributed by atoms with Gasteiger partial charge in [0.15, 0.2) is 5.58 Å². The molecule has 4 rings (SSSR count). The fraction of sp³-hybridized carbons (Fsp3) is 0.348. The number of nitrogens with zero attached hydrogens (tertiary/aromatic N) is 3. The molecule has 2 heterocycles. The van der Waals surface area contributed by atoms with Crippen molar-refractivity contribution < 1.29 is 18.7 Å². The number of carbonyl (C=O) groups is 2. The zero-order valence-corrected chi connectivity index (χ0v) is 18.3. The molecule has 3 amide bonds. The van der Waals surface area contributed by atoms with E-state index in [0.717, 1.165) is 30.9 Å². The minimum Gasteiger partial charge on any atom is -0.423 e. The Hall–Kier alpha value is -3.43. The summed E-state index contributed by atoms with van der Waals surface area (Å²) in [6, 6.07) is 12.9. The summed E-state index contributed by atoms with van der Waals surface area (Å²) in [6.07, 6.45) is 0. The Morgan fingerprint density at radius 3 is 2.56 bits per heavy atom. The summed E-state index contributed by atoms with van der Waals surface area (Å²) in [5.41, 5.74) is 3.62. The van der Waals surface area contributed by atoms with Crippen molar-refractivity contribution in [2.24, 2.45) is 0 Å². The lowest BCUT2D eigenvalue weighted by molar-refractivity contribution is -0.114. The Morgan fingerprint density at radius 1 is 1.09 bits per heavy atom. The van der Waals surface area contributed by atoms with E-state index >= 15 is 0 Å². The molecule has 2 aromatic carbocycles. The summed E-state index contributed by atoms with van der Waals surface area (Å²) in [4.78, 5) is 32.7. The number of fused-ring (bicyclic) bond motifs is 1. The number of hydrogen-bond donors (Lipinski definition) is 2. The lowest BCUT2D eigenvalue weighted by Gasteiger charge is -2.30. The summed E-state index contributed by atoms with van der Waals surface area (Å²) in [5.74, 6) is -0.263. The van der Waals surface area contributed by atoms with Gasteiger partial charge in [0.25, 0.3) is 0 Å². The Balaban J connectivity index is 1.57. The number of morpholine rings is 1. The number of amides is 3. The summed E-state index contributed by atoms with van der Waals surface area (Å²) in [5, 5.41) is 5.52. The van der Waals surface area contributed by atoms with Gasteiger partial charge in [0.05, 0.1) is 13.2 Å². The first-order valence-electron chi connectivity index (χ1n) is 10.6. The van der Waals surface area contributed by atoms with Gasteiger partial charge in [-0.3, -0.25) is 19.9 Å². The number of aryl methyl sites for hydroxylation is 1. The summed E-state index contributed by atoms with van der Waals surface area (Å²) < 4.78 is 11.1. The molecule has 9 heteroatoms. The second kappa shape index (κ2) is 9.80. The largest absolute Gasteiger partial charge is 0.423 e. The highest BCUT2D eigenvalue weighted by Crippen LogP contribution is 2.25. The lowest BCUT2D eigenvalue weighted by Crippen LogP contribution is -2.44. The number of anilines is 3. The van der Waals surface area contributed by atoms with Crippen LogP contribution >= 0.6 is 0 Å². The molecule has 0 spiro atoms. The van der Waals surface area contributed by atoms with Crippen LogP contribution < -0.4 is 15.5 Å². The van der Waals surface area contributed by atoms with E-state index in [2.05, 4.69) is 20.5 Å². The molecule has 0 saturated carbocycles. The molecule has 0 aliphatic carbocycles. The smallest absolute Gasteiger partial charge is 0.326 e. The molecule has 3 aromatic rings. The highest BCUT2D eigenvalue weighted by Gasteiger charge is 2.20. The quantitative estimate of drug-likeness (QED) is 0.613. The van der Waals surface area contributed by atoms with E-state index in [1.807, 2.05) is 37.3 Å². The van der Waals surface area contributed by atoms with Crippen molar-refractivity contribution in [3.8, 4) is 0 Å². The first-order valence-corrected chi connectivity index (χ1v) is 10.6. The monoisotopic (exact) mass is 437 g/mol. The molecule has 1 fully saturated rings. The molecule has 2 N–H and O–H groups in total. The van der Waals surface area contributed by atoms with Gasteiger partial charge in [0.1, 0.15) is 5.52 Å². The van der Waals surface area contributed by atoms with Crippen molar-refractivity contribution in [1.29, 1.82) is 0 Å². The SMILES string of the molecule is CC(=O)Nc1nc2ccc(N(CCN3CCOCC3)C(=O)Nc3ccc(C)cc3)cc2o1. The average Bonchev–Trinajstić information content (AvgIpc) is 3.17. The number of ether oxygens (including phenoxy) is 1. The summed E-state index contributed by atoms with van der Waals surface area (Å²) >= 11 is 0. The molecule has 1 aliphatic rings. The van der Waals surface area contributed by atoms with E-state index < -0.39 is 0 Å². The molecule has 32 heavy (non-hydrogen) atoms. The Morgan fingerprint density at radius 2 is 1.84 bits per heavy atom. The van der Waals surface area contributed by atoms with Gasteiger partial charge < -0.3 is 14.5 Å². The van der Waals surface area contributed by atoms with Gasteiger partial charge in [-0.2, -0.15) is 4.98 Å². The topological polar surface area (TPSA) is 99.9 Å². The van der Waals surface area contributed by atoms with Crippen LogP contribution in [0.4, 0.5) is 22.2 Å². The molecule has 168 valence electrons. The third kappa shape index (κ3) is 5.43. The van der Waals surface area contributed by atoms with Crippen molar-refractivity contribution in [2.75, 3.05) is 54.9 Å². The van der Waals surface area contributed by atoms with E-state index in [0.29, 0.717) is 36.5 Å². The fourth-order valence-corrected chi connectivity index (χ4v) is 3.53. The molecule has 0 atom stereocenters. The van der Waals surface area contributed by atoms with Gasteiger partial charge in [-0.1, -0.05) is 17.7 Å². The summed E-state index contributed by atoms with van der Waals surface area (Å²) in [7, 11) is 0. The van der Waals surface area contributed by atoms with Crippen LogP contribution in [0.2, 0.25) is 0 Å². The van der Waals surface area contributed by atoms with Gasteiger partial charge in [0, 0.05) is 50.5 Å². The number of benzene rings is 2. The molecule has 1 saturated heterocycles. The zero-order chi connectivity index (χ0) is 22.5. The van der Waals surface area contributed by atoms with Gasteiger partial charge in [-0.15, -0.1) is 0 Å². The standard InChI is InChI=1S/C23H27N5O4/c1-16-3-5-18(6-4-16)25-23(30)28(10-9-27-11-13-31-14-12-27)19-7-8-20-21(15-19)32-22(26-20)24-17(2)29/h3-8,15H,9-14H2,1-2H3,(H,25,30)(H,24,26,29). The van der Waals surface area contributed by atoms with Crippen LogP contribution in [-0.4, -0.2) is 61.2 Å². The van der Waals surface area contributed by atoms with Crippen LogP contribution in [0.5, 0.6) is 0 Å². The van der Waals surface area contributed by atoms with Crippen molar-refractivity contribution in [3.05, 3.63) is 48.0 Å². The van der Waals surface area contributed by atoms with Crippen molar-refractivity contribution in [2.45, 2.75) is 13.8 Å². The average molecular weight is 438 g/mol. The van der Waals surface area contributed by atoms with Gasteiger partial charge in [0.2, 0.25) is 5.91 Å². The number of nitrogens with one attached hydrogen (secondary N) is 2. The maximum Gasteiger partial charge on any atom is 0.326 e. The number of hydrogen-bond acceptors (Lipinski definition) is 6. The van der Waals surface area contributed by atoms with E-state index in [4.69, 9.17) is 9.15 Å². The first kappa shape index (κ1) is 21.8. The lowest BCUT2D eigenvalue weighted by atomic mass is 10.2. The van der Waals surface area contributed by atoms with E-state index in [1.165, 1.54) is 6.92 Å². The third-order valence-corrected chi connectivity index (χ3v) is 5.26. The predicted molar refractivity (Wildman–Crippen MR) is 123 cm³/mol. The second-order valence-electron chi connectivity index (χ2n) is 7.75. The maximum atomic E-state index is 13.2. The van der Waals surface area contributed by atoms with Crippen molar-refractivity contribution in [1.82, 2.24) is 9.88 Å². The Labute approximate surface area is 186 Å². The predicted octanol–water partition coefficient (Wildman–Crippen LogP) is 3.47. The third-order valence-electron chi connectivity index (χ3n) is 5.26. The number of carbonyl (C=O) groups excluding carboxylic acids is 2. The molecule has 1 aliphatic heterocycles. The van der Waals surface area contributed by atoms with E-state index in [9.17, 15) is 9.59 Å².